The second kappa shape index (κ2) is 6.27. The van der Waals surface area contributed by atoms with Crippen LogP contribution in [0, 0.1) is 16.7 Å². The first kappa shape index (κ1) is 13.5. The molecule has 0 heterocycles. The van der Waals surface area contributed by atoms with Crippen LogP contribution in [-0.2, 0) is 6.54 Å². The molecular weight excluding hydrogens is 212 g/mol. The van der Waals surface area contributed by atoms with Crippen LogP contribution in [-0.4, -0.2) is 11.7 Å². The van der Waals surface area contributed by atoms with E-state index in [1.807, 2.05) is 12.1 Å². The van der Waals surface area contributed by atoms with Gasteiger partial charge in [-0.3, -0.25) is 0 Å². The van der Waals surface area contributed by atoms with Crippen LogP contribution in [0.2, 0.25) is 0 Å². The molecule has 0 aliphatic heterocycles. The van der Waals surface area contributed by atoms with E-state index in [9.17, 15) is 0 Å². The molecule has 1 aromatic rings. The number of nitrogens with zero attached hydrogens (tertiary/aromatic N) is 1. The highest BCUT2D eigenvalue weighted by atomic mass is 16.3. The van der Waals surface area contributed by atoms with Crippen LogP contribution in [0.25, 0.3) is 0 Å². The van der Waals surface area contributed by atoms with Crippen LogP contribution in [0.1, 0.15) is 32.3 Å². The third kappa shape index (κ3) is 5.37. The van der Waals surface area contributed by atoms with E-state index >= 15 is 0 Å². The molecule has 17 heavy (non-hydrogen) atoms. The van der Waals surface area contributed by atoms with Crippen LogP contribution in [0.4, 0.5) is 0 Å². The number of rotatable bonds is 6. The Morgan fingerprint density at radius 2 is 1.94 bits per heavy atom. The average Bonchev–Trinajstić information content (AvgIpc) is 2.29. The van der Waals surface area contributed by atoms with E-state index in [1.165, 1.54) is 0 Å². The Morgan fingerprint density at radius 1 is 1.29 bits per heavy atom. The maximum Gasteiger partial charge on any atom is 0.115 e. The summed E-state index contributed by atoms with van der Waals surface area (Å²) in [6.45, 7) is 5.99. The summed E-state index contributed by atoms with van der Waals surface area (Å²) in [5, 5.41) is 21.1. The Kier molecular flexibility index (Phi) is 4.99. The van der Waals surface area contributed by atoms with Gasteiger partial charge in [-0.2, -0.15) is 5.26 Å². The molecule has 0 unspecified atom stereocenters. The topological polar surface area (TPSA) is 56.0 Å². The van der Waals surface area contributed by atoms with E-state index in [4.69, 9.17) is 10.4 Å². The Hall–Kier alpha value is -1.53. The van der Waals surface area contributed by atoms with Gasteiger partial charge in [-0.25, -0.2) is 0 Å². The van der Waals surface area contributed by atoms with Crippen molar-refractivity contribution in [2.45, 2.75) is 33.2 Å². The van der Waals surface area contributed by atoms with Gasteiger partial charge < -0.3 is 10.4 Å². The van der Waals surface area contributed by atoms with Gasteiger partial charge in [0.25, 0.3) is 0 Å². The normalized spacial score (nSPS) is 11.1. The molecule has 1 aromatic carbocycles. The summed E-state index contributed by atoms with van der Waals surface area (Å²) in [7, 11) is 0. The SMILES string of the molecule is CC(C)(CCC#N)CNCc1ccc(O)cc1. The number of phenolic OH excluding ortho intramolecular Hbond substituents is 1. The number of hydrogen-bond acceptors (Lipinski definition) is 3. The molecule has 0 aliphatic rings. The Labute approximate surface area is 103 Å². The summed E-state index contributed by atoms with van der Waals surface area (Å²) >= 11 is 0. The zero-order valence-corrected chi connectivity index (χ0v) is 10.5. The van der Waals surface area contributed by atoms with Gasteiger partial charge in [0.15, 0.2) is 0 Å². The number of nitrogens with one attached hydrogen (secondary N) is 1. The lowest BCUT2D eigenvalue weighted by atomic mass is 9.88. The fourth-order valence-electron chi connectivity index (χ4n) is 1.64. The highest BCUT2D eigenvalue weighted by Crippen LogP contribution is 2.20. The fraction of sp³-hybridized carbons (Fsp3) is 0.500. The summed E-state index contributed by atoms with van der Waals surface area (Å²) in [6, 6.07) is 9.38. The van der Waals surface area contributed by atoms with Gasteiger partial charge in [0, 0.05) is 19.5 Å². The van der Waals surface area contributed by atoms with Crippen LogP contribution < -0.4 is 5.32 Å². The van der Waals surface area contributed by atoms with E-state index in [1.54, 1.807) is 12.1 Å². The maximum atomic E-state index is 9.16. The first-order valence-corrected chi connectivity index (χ1v) is 5.89. The second-order valence-electron chi connectivity index (χ2n) is 5.09. The molecule has 0 aromatic heterocycles. The quantitative estimate of drug-likeness (QED) is 0.793. The van der Waals surface area contributed by atoms with Crippen LogP contribution in [0.15, 0.2) is 24.3 Å². The molecule has 0 spiro atoms. The molecule has 0 fully saturated rings. The van der Waals surface area contributed by atoms with Crippen molar-refractivity contribution in [1.82, 2.24) is 5.32 Å². The monoisotopic (exact) mass is 232 g/mol. The average molecular weight is 232 g/mol. The smallest absolute Gasteiger partial charge is 0.115 e. The minimum atomic E-state index is 0.145. The van der Waals surface area contributed by atoms with Crippen molar-refractivity contribution in [3.63, 3.8) is 0 Å². The van der Waals surface area contributed by atoms with Crippen molar-refractivity contribution in [3.05, 3.63) is 29.8 Å². The van der Waals surface area contributed by atoms with E-state index < -0.39 is 0 Å². The van der Waals surface area contributed by atoms with Gasteiger partial charge in [-0.05, 0) is 29.5 Å². The Balaban J connectivity index is 2.32. The molecule has 0 amide bonds. The van der Waals surface area contributed by atoms with Gasteiger partial charge in [-0.15, -0.1) is 0 Å². The van der Waals surface area contributed by atoms with Gasteiger partial charge in [0.2, 0.25) is 0 Å². The van der Waals surface area contributed by atoms with Crippen LogP contribution in [0.3, 0.4) is 0 Å². The number of benzene rings is 1. The molecule has 0 aliphatic carbocycles. The lowest BCUT2D eigenvalue weighted by Gasteiger charge is -2.23. The molecular formula is C14H20N2O. The third-order valence-electron chi connectivity index (χ3n) is 2.78. The van der Waals surface area contributed by atoms with Gasteiger partial charge in [0.05, 0.1) is 6.07 Å². The van der Waals surface area contributed by atoms with Crippen molar-refractivity contribution in [2.75, 3.05) is 6.54 Å². The first-order valence-electron chi connectivity index (χ1n) is 5.89. The van der Waals surface area contributed by atoms with Crippen LogP contribution in [0.5, 0.6) is 5.75 Å². The summed E-state index contributed by atoms with van der Waals surface area (Å²) in [6.07, 6.45) is 1.51. The lowest BCUT2D eigenvalue weighted by Crippen LogP contribution is -2.28. The Morgan fingerprint density at radius 3 is 2.53 bits per heavy atom. The maximum absolute atomic E-state index is 9.16. The van der Waals surface area contributed by atoms with E-state index in [-0.39, 0.29) is 5.41 Å². The predicted molar refractivity (Wildman–Crippen MR) is 68.4 cm³/mol. The van der Waals surface area contributed by atoms with Gasteiger partial charge in [0.1, 0.15) is 5.75 Å². The Bertz CT molecular complexity index is 376. The van der Waals surface area contributed by atoms with E-state index in [2.05, 4.69) is 25.2 Å². The summed E-state index contributed by atoms with van der Waals surface area (Å²) in [5.41, 5.74) is 1.30. The molecule has 0 saturated carbocycles. The molecule has 0 radical (unpaired) electrons. The van der Waals surface area contributed by atoms with Gasteiger partial charge >= 0.3 is 0 Å². The predicted octanol–water partition coefficient (Wildman–Crippen LogP) is 2.81. The van der Waals surface area contributed by atoms with Crippen LogP contribution >= 0.6 is 0 Å². The number of aromatic hydroxyl groups is 1. The lowest BCUT2D eigenvalue weighted by molar-refractivity contribution is 0.317. The second-order valence-corrected chi connectivity index (χ2v) is 5.09. The highest BCUT2D eigenvalue weighted by molar-refractivity contribution is 5.25. The first-order chi connectivity index (χ1) is 8.03. The van der Waals surface area contributed by atoms with E-state index in [0.717, 1.165) is 25.1 Å². The summed E-state index contributed by atoms with van der Waals surface area (Å²) in [4.78, 5) is 0. The standard InChI is InChI=1S/C14H20N2O/c1-14(2,8-3-9-15)11-16-10-12-4-6-13(17)7-5-12/h4-7,16-17H,3,8,10-11H2,1-2H3. The largest absolute Gasteiger partial charge is 0.508 e. The molecule has 3 nitrogen and oxygen atoms in total. The van der Waals surface area contributed by atoms with Crippen molar-refractivity contribution in [1.29, 1.82) is 5.26 Å². The van der Waals surface area contributed by atoms with E-state index in [0.29, 0.717) is 12.2 Å². The minimum Gasteiger partial charge on any atom is -0.508 e. The number of hydrogen-bond donors (Lipinski definition) is 2. The summed E-state index contributed by atoms with van der Waals surface area (Å²) in [5.74, 6) is 0.295. The van der Waals surface area contributed by atoms with Gasteiger partial charge in [-0.1, -0.05) is 26.0 Å². The fourth-order valence-corrected chi connectivity index (χ4v) is 1.64. The number of phenols is 1. The molecule has 1 rings (SSSR count). The minimum absolute atomic E-state index is 0.145. The summed E-state index contributed by atoms with van der Waals surface area (Å²) < 4.78 is 0. The van der Waals surface area contributed by atoms with Crippen molar-refractivity contribution in [2.24, 2.45) is 5.41 Å². The van der Waals surface area contributed by atoms with Crippen molar-refractivity contribution >= 4 is 0 Å². The zero-order valence-electron chi connectivity index (χ0n) is 10.5. The molecule has 2 N–H and O–H groups in total. The molecule has 0 bridgehead atoms. The number of nitriles is 1. The highest BCUT2D eigenvalue weighted by Gasteiger charge is 2.16. The zero-order chi connectivity index (χ0) is 12.7. The molecule has 0 saturated heterocycles. The molecule has 92 valence electrons. The van der Waals surface area contributed by atoms with Crippen molar-refractivity contribution in [3.8, 4) is 11.8 Å². The third-order valence-corrected chi connectivity index (χ3v) is 2.78. The molecule has 3 heteroatoms. The van der Waals surface area contributed by atoms with Crippen molar-refractivity contribution < 1.29 is 5.11 Å². The molecule has 0 atom stereocenters.